The summed E-state index contributed by atoms with van der Waals surface area (Å²) in [5.41, 5.74) is 6.12. The van der Waals surface area contributed by atoms with Crippen LogP contribution >= 0.6 is 0 Å². The van der Waals surface area contributed by atoms with E-state index in [0.29, 0.717) is 35.6 Å². The highest BCUT2D eigenvalue weighted by molar-refractivity contribution is 5.98. The first-order valence-corrected chi connectivity index (χ1v) is 19.1. The van der Waals surface area contributed by atoms with Crippen molar-refractivity contribution in [3.05, 3.63) is 29.8 Å². The molecule has 1 fully saturated rings. The molecule has 1 saturated carbocycles. The van der Waals surface area contributed by atoms with Crippen LogP contribution in [0.15, 0.2) is 24.3 Å². The number of carboxylic acids is 1. The van der Waals surface area contributed by atoms with Gasteiger partial charge in [0, 0.05) is 44.5 Å². The number of benzene rings is 1. The molecule has 2 aliphatic carbocycles. The Morgan fingerprint density at radius 1 is 0.772 bits per heavy atom. The summed E-state index contributed by atoms with van der Waals surface area (Å²) in [6.45, 7) is 0.571. The van der Waals surface area contributed by atoms with E-state index in [0.717, 1.165) is 25.7 Å². The minimum Gasteiger partial charge on any atom is -0.481 e. The average Bonchev–Trinajstić information content (AvgIpc) is 3.83. The quantitative estimate of drug-likeness (QED) is 0.0446. The molecular weight excluding hydrogens is 746 g/mol. The van der Waals surface area contributed by atoms with Crippen molar-refractivity contribution in [3.8, 4) is 11.8 Å². The van der Waals surface area contributed by atoms with Crippen LogP contribution < -0.4 is 37.6 Å². The first-order valence-electron chi connectivity index (χ1n) is 19.1. The summed E-state index contributed by atoms with van der Waals surface area (Å²) in [6, 6.07) is 3.26. The lowest BCUT2D eigenvalue weighted by molar-refractivity contribution is -0.138. The minimum atomic E-state index is -1.28. The first kappa shape index (κ1) is 45.9. The van der Waals surface area contributed by atoms with E-state index in [-0.39, 0.29) is 71.8 Å². The lowest BCUT2D eigenvalue weighted by Crippen LogP contribution is -2.51. The number of primary amides is 1. The van der Waals surface area contributed by atoms with Gasteiger partial charge in [0.15, 0.2) is 0 Å². The molecule has 1 aromatic carbocycles. The SMILES string of the molecule is NC(=O)NCCC[C@@H](NC(=O)CNC(=O)[C@@H](CCC(=O)O)NC(=O)CCOCCOCCNC(=O)OCC1C2CCC#CCCC21)C(=O)Nc1ccc(CO)cc1. The number of fused-ring (bicyclic) bond motifs is 1. The molecule has 0 spiro atoms. The molecule has 7 amide bonds. The molecule has 0 aromatic heterocycles. The van der Waals surface area contributed by atoms with Crippen LogP contribution in [0.25, 0.3) is 0 Å². The molecule has 0 radical (unpaired) electrons. The number of hydrogen-bond acceptors (Lipinski definition) is 11. The molecule has 3 rings (SSSR count). The smallest absolute Gasteiger partial charge is 0.407 e. The van der Waals surface area contributed by atoms with E-state index >= 15 is 0 Å². The molecule has 2 aliphatic rings. The summed E-state index contributed by atoms with van der Waals surface area (Å²) >= 11 is 0. The van der Waals surface area contributed by atoms with Gasteiger partial charge in [-0.15, -0.1) is 11.8 Å². The number of amides is 7. The van der Waals surface area contributed by atoms with Gasteiger partial charge in [-0.25, -0.2) is 9.59 Å². The number of aliphatic carboxylic acids is 1. The van der Waals surface area contributed by atoms with Gasteiger partial charge in [-0.1, -0.05) is 12.1 Å². The molecule has 4 atom stereocenters. The summed E-state index contributed by atoms with van der Waals surface area (Å²) in [4.78, 5) is 85.6. The third-order valence-electron chi connectivity index (χ3n) is 9.35. The monoisotopic (exact) mass is 801 g/mol. The Labute approximate surface area is 331 Å². The number of hydrogen-bond donors (Lipinski definition) is 9. The van der Waals surface area contributed by atoms with Crippen molar-refractivity contribution in [2.24, 2.45) is 23.5 Å². The molecular formula is C38H55N7O12. The number of urea groups is 1. The maximum atomic E-state index is 13.0. The number of nitrogens with one attached hydrogen (secondary N) is 6. The van der Waals surface area contributed by atoms with Crippen LogP contribution in [0, 0.1) is 29.6 Å². The molecule has 0 bridgehead atoms. The fourth-order valence-corrected chi connectivity index (χ4v) is 6.27. The van der Waals surface area contributed by atoms with Crippen molar-refractivity contribution in [2.45, 2.75) is 76.5 Å². The molecule has 19 heteroatoms. The fourth-order valence-electron chi connectivity index (χ4n) is 6.27. The van der Waals surface area contributed by atoms with Gasteiger partial charge >= 0.3 is 18.1 Å². The largest absolute Gasteiger partial charge is 0.481 e. The summed E-state index contributed by atoms with van der Waals surface area (Å²) in [5, 5.41) is 33.5. The van der Waals surface area contributed by atoms with Crippen LogP contribution in [-0.4, -0.2) is 117 Å². The van der Waals surface area contributed by atoms with Gasteiger partial charge in [0.1, 0.15) is 12.1 Å². The normalized spacial score (nSPS) is 17.7. The van der Waals surface area contributed by atoms with Gasteiger partial charge in [-0.3, -0.25) is 24.0 Å². The molecule has 10 N–H and O–H groups in total. The summed E-state index contributed by atoms with van der Waals surface area (Å²) < 4.78 is 16.2. The third kappa shape index (κ3) is 18.8. The second-order valence-corrected chi connectivity index (χ2v) is 13.6. The maximum absolute atomic E-state index is 13.0. The molecule has 57 heavy (non-hydrogen) atoms. The lowest BCUT2D eigenvalue weighted by atomic mass is 10.1. The predicted molar refractivity (Wildman–Crippen MR) is 204 cm³/mol. The minimum absolute atomic E-state index is 0.0191. The van der Waals surface area contributed by atoms with Crippen molar-refractivity contribution in [1.82, 2.24) is 26.6 Å². The number of ether oxygens (including phenoxy) is 3. The van der Waals surface area contributed by atoms with Crippen molar-refractivity contribution in [1.29, 1.82) is 0 Å². The summed E-state index contributed by atoms with van der Waals surface area (Å²) in [7, 11) is 0. The van der Waals surface area contributed by atoms with Crippen LogP contribution in [-0.2, 0) is 44.8 Å². The van der Waals surface area contributed by atoms with Gasteiger partial charge < -0.3 is 62.1 Å². The van der Waals surface area contributed by atoms with Crippen LogP contribution in [0.5, 0.6) is 0 Å². The van der Waals surface area contributed by atoms with E-state index in [9.17, 15) is 38.7 Å². The molecule has 0 heterocycles. The fraction of sp³-hybridized carbons (Fsp3) is 0.605. The summed E-state index contributed by atoms with van der Waals surface area (Å²) in [5.74, 6) is 3.99. The van der Waals surface area contributed by atoms with E-state index in [1.807, 2.05) is 0 Å². The Morgan fingerprint density at radius 2 is 1.42 bits per heavy atom. The molecule has 19 nitrogen and oxygen atoms in total. The Morgan fingerprint density at radius 3 is 2.07 bits per heavy atom. The topological polar surface area (TPSA) is 286 Å². The van der Waals surface area contributed by atoms with Crippen molar-refractivity contribution >= 4 is 47.4 Å². The highest BCUT2D eigenvalue weighted by Gasteiger charge is 2.49. The highest BCUT2D eigenvalue weighted by Crippen LogP contribution is 2.52. The third-order valence-corrected chi connectivity index (χ3v) is 9.35. The number of carbonyl (C=O) groups is 7. The summed E-state index contributed by atoms with van der Waals surface area (Å²) in [6.07, 6.45) is 2.94. The number of carbonyl (C=O) groups excluding carboxylic acids is 6. The molecule has 1 aromatic rings. The molecule has 314 valence electrons. The second-order valence-electron chi connectivity index (χ2n) is 13.6. The number of aliphatic hydroxyl groups is 1. The van der Waals surface area contributed by atoms with E-state index < -0.39 is 66.8 Å². The lowest BCUT2D eigenvalue weighted by Gasteiger charge is -2.20. The number of aliphatic hydroxyl groups excluding tert-OH is 1. The Balaban J connectivity index is 1.32. The van der Waals surface area contributed by atoms with Crippen LogP contribution in [0.1, 0.15) is 63.4 Å². The van der Waals surface area contributed by atoms with Gasteiger partial charge in [0.2, 0.25) is 23.6 Å². The van der Waals surface area contributed by atoms with Crippen LogP contribution in [0.4, 0.5) is 15.3 Å². The number of anilines is 1. The van der Waals surface area contributed by atoms with Gasteiger partial charge in [0.25, 0.3) is 0 Å². The highest BCUT2D eigenvalue weighted by atomic mass is 16.6. The Bertz CT molecular complexity index is 1550. The number of alkyl carbamates (subject to hydrolysis) is 1. The molecule has 2 unspecified atom stereocenters. The van der Waals surface area contributed by atoms with Crippen molar-refractivity contribution in [2.75, 3.05) is 58.0 Å². The molecule has 0 saturated heterocycles. The second kappa shape index (κ2) is 25.7. The zero-order chi connectivity index (χ0) is 41.4. The van der Waals surface area contributed by atoms with Gasteiger partial charge in [-0.2, -0.15) is 0 Å². The van der Waals surface area contributed by atoms with Gasteiger partial charge in [-0.05, 0) is 67.6 Å². The van der Waals surface area contributed by atoms with Crippen molar-refractivity contribution in [3.63, 3.8) is 0 Å². The zero-order valence-corrected chi connectivity index (χ0v) is 32.0. The standard InChI is InChI=1S/C38H55N7O12/c39-37(53)40-16-5-8-30(36(52)43-26-11-9-25(23-46)10-12-26)45-33(48)22-42-35(51)31(13-14-34(49)50)44-32(47)15-18-55-20-21-56-19-17-41-38(54)57-24-29-27-6-3-1-2-4-7-28(27)29/h9-12,27-31,46H,3-8,13-24H2,(H,41,54)(H,42,51)(H,43,52)(H,44,47)(H,45,48)(H,49,50)(H3,39,40,53)/t27?,28?,29?,30-,31-/m1/s1. The Kier molecular flexibility index (Phi) is 20.7. The van der Waals surface area contributed by atoms with E-state index in [1.54, 1.807) is 24.3 Å². The van der Waals surface area contributed by atoms with E-state index in [4.69, 9.17) is 25.1 Å². The van der Waals surface area contributed by atoms with E-state index in [2.05, 4.69) is 43.7 Å². The average molecular weight is 802 g/mol. The first-order chi connectivity index (χ1) is 27.5. The predicted octanol–water partition coefficient (Wildman–Crippen LogP) is 0.106. The van der Waals surface area contributed by atoms with Crippen LogP contribution in [0.3, 0.4) is 0 Å². The number of carboxylic acid groups (broad SMARTS) is 1. The van der Waals surface area contributed by atoms with Crippen molar-refractivity contribution < 1.29 is 58.0 Å². The maximum Gasteiger partial charge on any atom is 0.407 e. The number of nitrogens with two attached hydrogens (primary N) is 1. The molecule has 0 aliphatic heterocycles. The van der Waals surface area contributed by atoms with E-state index in [1.165, 1.54) is 0 Å². The Hall–Kier alpha value is -5.45. The zero-order valence-electron chi connectivity index (χ0n) is 32.0. The van der Waals surface area contributed by atoms with Gasteiger partial charge in [0.05, 0.1) is 46.2 Å². The number of rotatable bonds is 26. The van der Waals surface area contributed by atoms with Crippen LogP contribution in [0.2, 0.25) is 0 Å².